The Morgan fingerprint density at radius 2 is 1.77 bits per heavy atom. The zero-order valence-corrected chi connectivity index (χ0v) is 16.6. The summed E-state index contributed by atoms with van der Waals surface area (Å²) in [5.41, 5.74) is 9.68. The summed E-state index contributed by atoms with van der Waals surface area (Å²) in [6.07, 6.45) is 1.05. The Morgan fingerprint density at radius 3 is 2.58 bits per heavy atom. The van der Waals surface area contributed by atoms with Crippen LogP contribution >= 0.6 is 0 Å². The highest BCUT2D eigenvalue weighted by Gasteiger charge is 2.16. The molecule has 0 unspecified atom stereocenters. The summed E-state index contributed by atoms with van der Waals surface area (Å²) >= 11 is 0. The fourth-order valence-electron chi connectivity index (χ4n) is 3.10. The molecule has 2 aromatic carbocycles. The van der Waals surface area contributed by atoms with Gasteiger partial charge in [0.25, 0.3) is 5.91 Å². The number of morpholine rings is 1. The molecule has 10 heteroatoms. The van der Waals surface area contributed by atoms with Crippen LogP contribution in [-0.2, 0) is 4.74 Å². The summed E-state index contributed by atoms with van der Waals surface area (Å²) in [6.45, 7) is 2.88. The number of halogens is 1. The normalized spacial score (nSPS) is 13.5. The summed E-state index contributed by atoms with van der Waals surface area (Å²) < 4.78 is 19.6. The third kappa shape index (κ3) is 5.24. The van der Waals surface area contributed by atoms with Crippen molar-refractivity contribution in [3.05, 3.63) is 72.2 Å². The monoisotopic (exact) mass is 423 g/mol. The van der Waals surface area contributed by atoms with E-state index in [0.29, 0.717) is 18.8 Å². The van der Waals surface area contributed by atoms with Gasteiger partial charge in [0.15, 0.2) is 11.6 Å². The third-order valence-electron chi connectivity index (χ3n) is 4.64. The van der Waals surface area contributed by atoms with Crippen molar-refractivity contribution < 1.29 is 13.9 Å². The molecule has 1 amide bonds. The quantitative estimate of drug-likeness (QED) is 0.430. The number of rotatable bonds is 7. The van der Waals surface area contributed by atoms with Gasteiger partial charge in [-0.15, -0.1) is 5.53 Å². The lowest BCUT2D eigenvalue weighted by Gasteiger charge is -2.30. The molecule has 1 fully saturated rings. The number of ether oxygens (including phenoxy) is 1. The first-order valence-electron chi connectivity index (χ1n) is 9.78. The average molecular weight is 423 g/mol. The number of nitrogens with one attached hydrogen (secondary N) is 4. The van der Waals surface area contributed by atoms with E-state index < -0.39 is 5.82 Å². The van der Waals surface area contributed by atoms with Crippen LogP contribution in [0, 0.1) is 5.82 Å². The molecule has 0 saturated carbocycles. The molecule has 31 heavy (non-hydrogen) atoms. The van der Waals surface area contributed by atoms with Gasteiger partial charge in [-0.3, -0.25) is 15.6 Å². The zero-order chi connectivity index (χ0) is 21.5. The number of hydrazine groups is 2. The number of nitrogens with zero attached hydrogens (tertiary/aromatic N) is 3. The fraction of sp³-hybridized carbons (Fsp3) is 0.190. The molecular formula is C21H22FN7O2. The van der Waals surface area contributed by atoms with E-state index in [0.717, 1.165) is 30.7 Å². The van der Waals surface area contributed by atoms with Crippen molar-refractivity contribution in [2.75, 3.05) is 41.9 Å². The van der Waals surface area contributed by atoms with E-state index >= 15 is 0 Å². The topological polar surface area (TPSA) is 103 Å². The summed E-state index contributed by atoms with van der Waals surface area (Å²) in [4.78, 5) is 22.4. The van der Waals surface area contributed by atoms with Crippen LogP contribution in [0.5, 0.6) is 0 Å². The van der Waals surface area contributed by atoms with Crippen LogP contribution in [0.15, 0.2) is 60.8 Å². The van der Waals surface area contributed by atoms with Crippen LogP contribution in [-0.4, -0.2) is 42.2 Å². The minimum Gasteiger partial charge on any atom is -0.378 e. The van der Waals surface area contributed by atoms with Crippen LogP contribution in [0.4, 0.5) is 27.5 Å². The number of para-hydroxylation sites is 2. The van der Waals surface area contributed by atoms with Crippen molar-refractivity contribution in [3.8, 4) is 0 Å². The summed E-state index contributed by atoms with van der Waals surface area (Å²) in [5.74, 6) is -0.954. The predicted molar refractivity (Wildman–Crippen MR) is 115 cm³/mol. The molecule has 0 radical (unpaired) electrons. The standard InChI is InChI=1S/C21H22FN7O2/c22-16-14-23-21(24-17-8-4-5-9-18(17)29-10-12-31-13-11-29)25-19(16)26-28-27-20(30)15-6-2-1-3-7-15/h1-9,14,28H,10-13H2,(H,27,30)(H2,23,24,25,26). The molecule has 4 rings (SSSR count). The van der Waals surface area contributed by atoms with Gasteiger partial charge < -0.3 is 15.0 Å². The van der Waals surface area contributed by atoms with Crippen molar-refractivity contribution >= 4 is 29.0 Å². The summed E-state index contributed by atoms with van der Waals surface area (Å²) in [6, 6.07) is 16.4. The molecule has 0 bridgehead atoms. The van der Waals surface area contributed by atoms with E-state index in [2.05, 4.69) is 36.6 Å². The highest BCUT2D eigenvalue weighted by atomic mass is 19.1. The molecule has 4 N–H and O–H groups in total. The van der Waals surface area contributed by atoms with Gasteiger partial charge in [0.2, 0.25) is 5.95 Å². The number of benzene rings is 2. The molecule has 0 spiro atoms. The first-order chi connectivity index (χ1) is 15.2. The minimum atomic E-state index is -0.673. The number of aromatic nitrogens is 2. The Balaban J connectivity index is 1.42. The average Bonchev–Trinajstić information content (AvgIpc) is 2.82. The molecule has 1 aromatic heterocycles. The molecule has 0 atom stereocenters. The lowest BCUT2D eigenvalue weighted by molar-refractivity contribution is 0.0937. The number of amides is 1. The summed E-state index contributed by atoms with van der Waals surface area (Å²) in [5, 5.41) is 3.14. The van der Waals surface area contributed by atoms with Gasteiger partial charge in [-0.1, -0.05) is 30.3 Å². The lowest BCUT2D eigenvalue weighted by atomic mass is 10.2. The van der Waals surface area contributed by atoms with Gasteiger partial charge in [-0.2, -0.15) is 4.98 Å². The smallest absolute Gasteiger partial charge is 0.266 e. The van der Waals surface area contributed by atoms with E-state index in [1.165, 1.54) is 0 Å². The van der Waals surface area contributed by atoms with Crippen molar-refractivity contribution in [3.63, 3.8) is 0 Å². The number of hydrogen-bond acceptors (Lipinski definition) is 8. The summed E-state index contributed by atoms with van der Waals surface area (Å²) in [7, 11) is 0. The van der Waals surface area contributed by atoms with Gasteiger partial charge in [0.1, 0.15) is 0 Å². The van der Waals surface area contributed by atoms with Crippen molar-refractivity contribution in [1.82, 2.24) is 20.9 Å². The number of anilines is 4. The van der Waals surface area contributed by atoms with E-state index in [9.17, 15) is 9.18 Å². The third-order valence-corrected chi connectivity index (χ3v) is 4.64. The van der Waals surface area contributed by atoms with Crippen LogP contribution in [0.1, 0.15) is 10.4 Å². The molecule has 3 aromatic rings. The van der Waals surface area contributed by atoms with Gasteiger partial charge in [-0.05, 0) is 24.3 Å². The SMILES string of the molecule is O=C(NNNc1nc(Nc2ccccc2N2CCOCC2)ncc1F)c1ccccc1. The number of hydrogen-bond donors (Lipinski definition) is 4. The fourth-order valence-corrected chi connectivity index (χ4v) is 3.10. The van der Waals surface area contributed by atoms with Crippen molar-refractivity contribution in [2.24, 2.45) is 0 Å². The second kappa shape index (κ2) is 9.83. The maximum Gasteiger partial charge on any atom is 0.266 e. The van der Waals surface area contributed by atoms with Gasteiger partial charge >= 0.3 is 0 Å². The van der Waals surface area contributed by atoms with E-state index in [1.54, 1.807) is 24.3 Å². The lowest BCUT2D eigenvalue weighted by Crippen LogP contribution is -2.41. The molecular weight excluding hydrogens is 401 g/mol. The maximum absolute atomic E-state index is 14.1. The zero-order valence-electron chi connectivity index (χ0n) is 16.6. The molecule has 0 aliphatic carbocycles. The second-order valence-electron chi connectivity index (χ2n) is 6.70. The van der Waals surface area contributed by atoms with E-state index in [1.807, 2.05) is 30.3 Å². The predicted octanol–water partition coefficient (Wildman–Crippen LogP) is 2.46. The van der Waals surface area contributed by atoms with E-state index in [4.69, 9.17) is 4.74 Å². The Hall–Kier alpha value is -3.76. The number of carbonyl (C=O) groups is 1. The van der Waals surface area contributed by atoms with Gasteiger partial charge in [0.05, 0.1) is 30.8 Å². The molecule has 1 aliphatic heterocycles. The van der Waals surface area contributed by atoms with Crippen molar-refractivity contribution in [2.45, 2.75) is 0 Å². The number of carbonyl (C=O) groups excluding carboxylic acids is 1. The Morgan fingerprint density at radius 1 is 1.03 bits per heavy atom. The molecule has 1 aliphatic rings. The van der Waals surface area contributed by atoms with E-state index in [-0.39, 0.29) is 17.7 Å². The van der Waals surface area contributed by atoms with Crippen LogP contribution < -0.4 is 26.6 Å². The Labute approximate surface area is 178 Å². The molecule has 9 nitrogen and oxygen atoms in total. The highest BCUT2D eigenvalue weighted by Crippen LogP contribution is 2.28. The molecule has 1 saturated heterocycles. The molecule has 2 heterocycles. The Kier molecular flexibility index (Phi) is 6.50. The van der Waals surface area contributed by atoms with Gasteiger partial charge in [0, 0.05) is 18.7 Å². The Bertz CT molecular complexity index is 1030. The first kappa shape index (κ1) is 20.5. The van der Waals surface area contributed by atoms with Crippen LogP contribution in [0.2, 0.25) is 0 Å². The molecule has 160 valence electrons. The highest BCUT2D eigenvalue weighted by molar-refractivity contribution is 5.93. The van der Waals surface area contributed by atoms with Gasteiger partial charge in [-0.25, -0.2) is 9.37 Å². The maximum atomic E-state index is 14.1. The second-order valence-corrected chi connectivity index (χ2v) is 6.70. The van der Waals surface area contributed by atoms with Crippen molar-refractivity contribution in [1.29, 1.82) is 0 Å². The van der Waals surface area contributed by atoms with Crippen LogP contribution in [0.25, 0.3) is 0 Å². The minimum absolute atomic E-state index is 0.116. The largest absolute Gasteiger partial charge is 0.378 e. The first-order valence-corrected chi connectivity index (χ1v) is 9.78. The van der Waals surface area contributed by atoms with Crippen LogP contribution in [0.3, 0.4) is 0 Å².